The molecule has 9 heteroatoms. The molecule has 6 rings (SSSR count). The minimum Gasteiger partial charge on any atom is -0.494 e. The van der Waals surface area contributed by atoms with Crippen LogP contribution in [-0.4, -0.2) is 39.0 Å². The second-order valence-corrected chi connectivity index (χ2v) is 9.79. The molecule has 0 saturated carbocycles. The Bertz CT molecular complexity index is 1660. The van der Waals surface area contributed by atoms with E-state index in [0.29, 0.717) is 12.3 Å². The number of benzene rings is 3. The number of carbonyl (C=O) groups excluding carboxylic acids is 1. The molecule has 0 N–H and O–H groups in total. The van der Waals surface area contributed by atoms with Crippen molar-refractivity contribution in [3.63, 3.8) is 0 Å². The zero-order chi connectivity index (χ0) is 28.2. The van der Waals surface area contributed by atoms with Crippen molar-refractivity contribution in [1.82, 2.24) is 19.3 Å². The van der Waals surface area contributed by atoms with Gasteiger partial charge in [0, 0.05) is 24.5 Å². The molecule has 0 bridgehead atoms. The van der Waals surface area contributed by atoms with Gasteiger partial charge in [-0.05, 0) is 61.2 Å². The van der Waals surface area contributed by atoms with Gasteiger partial charge in [-0.2, -0.15) is 4.39 Å². The molecule has 5 aromatic rings. The Morgan fingerprint density at radius 1 is 1.00 bits per heavy atom. The van der Waals surface area contributed by atoms with Gasteiger partial charge in [0.05, 0.1) is 30.6 Å². The highest BCUT2D eigenvalue weighted by molar-refractivity contribution is 5.78. The third kappa shape index (κ3) is 5.43. The molecule has 1 amide bonds. The molecule has 0 unspecified atom stereocenters. The van der Waals surface area contributed by atoms with Crippen molar-refractivity contribution in [2.75, 3.05) is 13.7 Å². The highest BCUT2D eigenvalue weighted by Gasteiger charge is 2.33. The monoisotopic (exact) mass is 552 g/mol. The maximum absolute atomic E-state index is 14.6. The Morgan fingerprint density at radius 2 is 1.80 bits per heavy atom. The van der Waals surface area contributed by atoms with Crippen LogP contribution in [0.1, 0.15) is 36.7 Å². The fraction of sp³-hybridized carbons (Fsp3) is 0.219. The minimum absolute atomic E-state index is 0.0765. The molecule has 0 radical (unpaired) electrons. The van der Waals surface area contributed by atoms with Crippen LogP contribution in [0.4, 0.5) is 9.18 Å². The number of ether oxygens (including phenoxy) is 3. The Balaban J connectivity index is 1.27. The van der Waals surface area contributed by atoms with E-state index in [4.69, 9.17) is 19.2 Å². The predicted octanol–water partition coefficient (Wildman–Crippen LogP) is 7.20. The Morgan fingerprint density at radius 3 is 2.61 bits per heavy atom. The summed E-state index contributed by atoms with van der Waals surface area (Å²) >= 11 is 0. The van der Waals surface area contributed by atoms with Gasteiger partial charge in [-0.3, -0.25) is 14.3 Å². The average Bonchev–Trinajstić information content (AvgIpc) is 3.41. The van der Waals surface area contributed by atoms with Crippen LogP contribution in [0.3, 0.4) is 0 Å². The summed E-state index contributed by atoms with van der Waals surface area (Å²) in [6.07, 6.45) is 7.66. The highest BCUT2D eigenvalue weighted by Crippen LogP contribution is 2.36. The summed E-state index contributed by atoms with van der Waals surface area (Å²) in [5.74, 6) is 0.862. The van der Waals surface area contributed by atoms with Crippen LogP contribution >= 0.6 is 0 Å². The van der Waals surface area contributed by atoms with Gasteiger partial charge in [0.15, 0.2) is 11.5 Å². The molecular formula is C32H29FN4O4. The number of amides is 1. The maximum Gasteiger partial charge on any atom is 0.410 e. The number of fused-ring (bicyclic) bond motifs is 1. The van der Waals surface area contributed by atoms with Crippen molar-refractivity contribution < 1.29 is 23.4 Å². The minimum atomic E-state index is -0.561. The van der Waals surface area contributed by atoms with Crippen LogP contribution in [0.15, 0.2) is 91.4 Å². The number of nitrogens with zero attached hydrogens (tertiary/aromatic N) is 4. The lowest BCUT2D eigenvalue weighted by Gasteiger charge is -2.34. The number of piperidine rings is 1. The number of methoxy groups -OCH3 is 1. The molecule has 1 aliphatic heterocycles. The lowest BCUT2D eigenvalue weighted by atomic mass is 10.0. The second kappa shape index (κ2) is 11.7. The highest BCUT2D eigenvalue weighted by atomic mass is 19.1. The van der Waals surface area contributed by atoms with Crippen LogP contribution in [0.2, 0.25) is 0 Å². The van der Waals surface area contributed by atoms with E-state index in [-0.39, 0.29) is 30.2 Å². The zero-order valence-corrected chi connectivity index (χ0v) is 22.6. The summed E-state index contributed by atoms with van der Waals surface area (Å²) < 4.78 is 33.1. The summed E-state index contributed by atoms with van der Waals surface area (Å²) in [6, 6.07) is 21.5. The fourth-order valence-electron chi connectivity index (χ4n) is 5.17. The van der Waals surface area contributed by atoms with E-state index >= 15 is 0 Å². The van der Waals surface area contributed by atoms with Gasteiger partial charge in [0.1, 0.15) is 18.2 Å². The molecule has 0 aliphatic carbocycles. The number of halogens is 1. The first kappa shape index (κ1) is 26.3. The standard InChI is InChI=1S/C32H29FN4O4/c1-39-27-11-7-12-28(29(27)33)41-24-15-13-23(14-16-24)30-26-20-34-17-19-36(26)31(35-30)25-10-5-6-18-37(25)32(38)40-21-22-8-3-2-4-9-22/h2-4,7-9,11-17,19-20,25H,5-6,10,18,21H2,1H3/t25-/m0/s1. The van der Waals surface area contributed by atoms with Gasteiger partial charge in [0.25, 0.3) is 0 Å². The van der Waals surface area contributed by atoms with Crippen molar-refractivity contribution in [2.24, 2.45) is 0 Å². The summed E-state index contributed by atoms with van der Waals surface area (Å²) in [5, 5.41) is 0. The lowest BCUT2D eigenvalue weighted by Crippen LogP contribution is -2.39. The number of aromatic nitrogens is 3. The van der Waals surface area contributed by atoms with Crippen molar-refractivity contribution in [2.45, 2.75) is 31.9 Å². The van der Waals surface area contributed by atoms with E-state index < -0.39 is 5.82 Å². The van der Waals surface area contributed by atoms with Crippen molar-refractivity contribution >= 4 is 11.6 Å². The van der Waals surface area contributed by atoms with Gasteiger partial charge >= 0.3 is 6.09 Å². The van der Waals surface area contributed by atoms with Crippen LogP contribution in [0, 0.1) is 5.82 Å². The van der Waals surface area contributed by atoms with Gasteiger partial charge in [-0.15, -0.1) is 0 Å². The smallest absolute Gasteiger partial charge is 0.410 e. The Hall–Kier alpha value is -4.92. The van der Waals surface area contributed by atoms with Crippen LogP contribution in [-0.2, 0) is 11.3 Å². The molecule has 3 aromatic carbocycles. The van der Waals surface area contributed by atoms with Gasteiger partial charge in [-0.1, -0.05) is 36.4 Å². The second-order valence-electron chi connectivity index (χ2n) is 9.79. The van der Waals surface area contributed by atoms with E-state index in [1.165, 1.54) is 13.2 Å². The van der Waals surface area contributed by atoms with E-state index in [1.54, 1.807) is 41.6 Å². The largest absolute Gasteiger partial charge is 0.494 e. The third-order valence-electron chi connectivity index (χ3n) is 7.22. The topological polar surface area (TPSA) is 78.2 Å². The van der Waals surface area contributed by atoms with E-state index in [2.05, 4.69) is 4.98 Å². The van der Waals surface area contributed by atoms with E-state index in [9.17, 15) is 9.18 Å². The van der Waals surface area contributed by atoms with E-state index in [1.807, 2.05) is 53.1 Å². The first-order chi connectivity index (χ1) is 20.1. The van der Waals surface area contributed by atoms with Crippen molar-refractivity contribution in [1.29, 1.82) is 0 Å². The summed E-state index contributed by atoms with van der Waals surface area (Å²) in [5.41, 5.74) is 3.33. The summed E-state index contributed by atoms with van der Waals surface area (Å²) in [4.78, 5) is 24.4. The molecule has 41 heavy (non-hydrogen) atoms. The average molecular weight is 553 g/mol. The first-order valence-electron chi connectivity index (χ1n) is 13.5. The third-order valence-corrected chi connectivity index (χ3v) is 7.22. The molecule has 1 aliphatic rings. The Kier molecular flexibility index (Phi) is 7.49. The lowest BCUT2D eigenvalue weighted by molar-refractivity contribution is 0.0657. The summed E-state index contributed by atoms with van der Waals surface area (Å²) in [6.45, 7) is 0.814. The first-order valence-corrected chi connectivity index (χ1v) is 13.5. The van der Waals surface area contributed by atoms with Crippen LogP contribution < -0.4 is 9.47 Å². The fourth-order valence-corrected chi connectivity index (χ4v) is 5.17. The van der Waals surface area contributed by atoms with E-state index in [0.717, 1.165) is 47.4 Å². The van der Waals surface area contributed by atoms with Gasteiger partial charge in [0.2, 0.25) is 5.82 Å². The molecule has 0 spiro atoms. The quantitative estimate of drug-likeness (QED) is 0.213. The molecule has 1 atom stereocenters. The summed E-state index contributed by atoms with van der Waals surface area (Å²) in [7, 11) is 1.41. The van der Waals surface area contributed by atoms with Crippen LogP contribution in [0.25, 0.3) is 16.8 Å². The van der Waals surface area contributed by atoms with Gasteiger partial charge in [-0.25, -0.2) is 9.78 Å². The maximum atomic E-state index is 14.6. The molecule has 8 nitrogen and oxygen atoms in total. The van der Waals surface area contributed by atoms with Crippen molar-refractivity contribution in [3.8, 4) is 28.5 Å². The normalized spacial score (nSPS) is 15.1. The number of carbonyl (C=O) groups is 1. The SMILES string of the molecule is COc1cccc(Oc2ccc(-c3nc([C@@H]4CCCCN4C(=O)OCc4ccccc4)n4ccncc34)cc2)c1F. The van der Waals surface area contributed by atoms with Crippen LogP contribution in [0.5, 0.6) is 17.2 Å². The molecule has 3 heterocycles. The Labute approximate surface area is 237 Å². The number of hydrogen-bond donors (Lipinski definition) is 0. The van der Waals surface area contributed by atoms with Crippen molar-refractivity contribution in [3.05, 3.63) is 109 Å². The number of imidazole rings is 1. The molecule has 208 valence electrons. The number of likely N-dealkylation sites (tertiary alicyclic amines) is 1. The zero-order valence-electron chi connectivity index (χ0n) is 22.6. The predicted molar refractivity (Wildman–Crippen MR) is 151 cm³/mol. The molecule has 2 aromatic heterocycles. The molecular weight excluding hydrogens is 523 g/mol. The molecule has 1 fully saturated rings. The number of hydrogen-bond acceptors (Lipinski definition) is 6. The van der Waals surface area contributed by atoms with Gasteiger partial charge < -0.3 is 14.2 Å². The number of rotatable bonds is 7. The molecule has 1 saturated heterocycles.